The van der Waals surface area contributed by atoms with Crippen molar-refractivity contribution in [3.05, 3.63) is 24.2 Å². The van der Waals surface area contributed by atoms with Crippen molar-refractivity contribution in [3.63, 3.8) is 0 Å². The van der Waals surface area contributed by atoms with E-state index in [1.165, 1.54) is 4.90 Å². The minimum Gasteiger partial charge on any atom is -0.469 e. The Balaban J connectivity index is 1.85. The largest absolute Gasteiger partial charge is 0.469 e. The van der Waals surface area contributed by atoms with Crippen molar-refractivity contribution in [2.45, 2.75) is 31.7 Å². The van der Waals surface area contributed by atoms with Crippen LogP contribution < -0.4 is 10.6 Å². The van der Waals surface area contributed by atoms with Gasteiger partial charge >= 0.3 is 0 Å². The molecule has 1 fully saturated rings. The van der Waals surface area contributed by atoms with E-state index >= 15 is 0 Å². The quantitative estimate of drug-likeness (QED) is 0.456. The van der Waals surface area contributed by atoms with Crippen molar-refractivity contribution in [1.82, 2.24) is 20.4 Å². The summed E-state index contributed by atoms with van der Waals surface area (Å²) in [5, 5.41) is 6.68. The first-order chi connectivity index (χ1) is 14.0. The molecule has 2 N–H and O–H groups in total. The number of likely N-dealkylation sites (tertiary alicyclic amines) is 1. The normalized spacial score (nSPS) is 15.3. The van der Waals surface area contributed by atoms with Crippen LogP contribution in [0.25, 0.3) is 0 Å². The Morgan fingerprint density at radius 2 is 2.10 bits per heavy atom. The number of amides is 2. The van der Waals surface area contributed by atoms with Crippen LogP contribution in [0.3, 0.4) is 0 Å². The van der Waals surface area contributed by atoms with Gasteiger partial charge in [-0.2, -0.15) is 0 Å². The molecule has 2 amide bonds. The fourth-order valence-corrected chi connectivity index (χ4v) is 3.01. The van der Waals surface area contributed by atoms with Gasteiger partial charge in [0.15, 0.2) is 5.96 Å². The molecule has 2 heterocycles. The molecular formula is C20H33N5O4. The second kappa shape index (κ2) is 12.1. The van der Waals surface area contributed by atoms with Gasteiger partial charge in [0.05, 0.1) is 19.3 Å². The van der Waals surface area contributed by atoms with E-state index < -0.39 is 0 Å². The van der Waals surface area contributed by atoms with Gasteiger partial charge in [-0.1, -0.05) is 0 Å². The number of aliphatic imine (C=N–C) groups is 1. The van der Waals surface area contributed by atoms with Crippen LogP contribution >= 0.6 is 0 Å². The van der Waals surface area contributed by atoms with Crippen LogP contribution in [0.4, 0.5) is 0 Å². The average Bonchev–Trinajstić information content (AvgIpc) is 3.23. The summed E-state index contributed by atoms with van der Waals surface area (Å²) in [6, 6.07) is 3.99. The highest BCUT2D eigenvalue weighted by atomic mass is 16.5. The highest BCUT2D eigenvalue weighted by Crippen LogP contribution is 2.11. The topological polar surface area (TPSA) is 99.4 Å². The molecule has 0 saturated carbocycles. The lowest BCUT2D eigenvalue weighted by molar-refractivity contribution is -0.133. The number of methoxy groups -OCH3 is 1. The number of rotatable bonds is 9. The van der Waals surface area contributed by atoms with Gasteiger partial charge in [-0.15, -0.1) is 0 Å². The summed E-state index contributed by atoms with van der Waals surface area (Å²) in [6.45, 7) is 2.58. The van der Waals surface area contributed by atoms with Gasteiger partial charge in [0.1, 0.15) is 12.3 Å². The number of nitrogens with one attached hydrogen (secondary N) is 2. The molecule has 0 unspecified atom stereocenters. The number of piperidine rings is 1. The summed E-state index contributed by atoms with van der Waals surface area (Å²) in [5.74, 6) is 1.57. The Bertz CT molecular complexity index is 652. The lowest BCUT2D eigenvalue weighted by Crippen LogP contribution is -2.50. The summed E-state index contributed by atoms with van der Waals surface area (Å²) in [5.41, 5.74) is 0. The van der Waals surface area contributed by atoms with Crippen molar-refractivity contribution < 1.29 is 18.7 Å². The molecule has 1 aromatic heterocycles. The molecule has 0 atom stereocenters. The second-order valence-electron chi connectivity index (χ2n) is 7.25. The van der Waals surface area contributed by atoms with E-state index in [4.69, 9.17) is 9.15 Å². The maximum absolute atomic E-state index is 12.1. The van der Waals surface area contributed by atoms with Gasteiger partial charge in [-0.25, -0.2) is 4.99 Å². The third kappa shape index (κ3) is 8.15. The first kappa shape index (κ1) is 22.7. The molecule has 1 aliphatic heterocycles. The Kier molecular flexibility index (Phi) is 9.49. The third-order valence-electron chi connectivity index (χ3n) is 4.82. The number of hydrogen-bond donors (Lipinski definition) is 2. The highest BCUT2D eigenvalue weighted by molar-refractivity contribution is 5.85. The fourth-order valence-electron chi connectivity index (χ4n) is 3.01. The molecule has 0 aliphatic carbocycles. The Morgan fingerprint density at radius 3 is 2.72 bits per heavy atom. The van der Waals surface area contributed by atoms with Crippen molar-refractivity contribution in [3.8, 4) is 0 Å². The van der Waals surface area contributed by atoms with Gasteiger partial charge in [0, 0.05) is 53.3 Å². The lowest BCUT2D eigenvalue weighted by Gasteiger charge is -2.33. The molecule has 1 aliphatic rings. The smallest absolute Gasteiger partial charge is 0.243 e. The predicted octanol–water partition coefficient (Wildman–Crippen LogP) is 0.473. The maximum Gasteiger partial charge on any atom is 0.243 e. The minimum atomic E-state index is -0.0595. The summed E-state index contributed by atoms with van der Waals surface area (Å²) < 4.78 is 10.3. The van der Waals surface area contributed by atoms with E-state index in [1.807, 2.05) is 17.0 Å². The maximum atomic E-state index is 12.1. The number of furan rings is 1. The number of ether oxygens (including phenoxy) is 1. The Labute approximate surface area is 172 Å². The second-order valence-corrected chi connectivity index (χ2v) is 7.25. The van der Waals surface area contributed by atoms with Crippen molar-refractivity contribution in [2.75, 3.05) is 54.0 Å². The number of guanidine groups is 1. The molecule has 9 heteroatoms. The summed E-state index contributed by atoms with van der Waals surface area (Å²) in [6.07, 6.45) is 4.46. The minimum absolute atomic E-state index is 0.0595. The Morgan fingerprint density at radius 1 is 1.34 bits per heavy atom. The summed E-state index contributed by atoms with van der Waals surface area (Å²) in [4.78, 5) is 31.9. The molecule has 0 radical (unpaired) electrons. The molecule has 29 heavy (non-hydrogen) atoms. The predicted molar refractivity (Wildman–Crippen MR) is 111 cm³/mol. The first-order valence-electron chi connectivity index (χ1n) is 10.0. The number of carbonyl (C=O) groups is 2. The van der Waals surface area contributed by atoms with Gasteiger partial charge in [-0.3, -0.25) is 9.59 Å². The van der Waals surface area contributed by atoms with Crippen LogP contribution in [-0.2, 0) is 20.7 Å². The van der Waals surface area contributed by atoms with Gasteiger partial charge < -0.3 is 29.6 Å². The third-order valence-corrected chi connectivity index (χ3v) is 4.82. The van der Waals surface area contributed by atoms with Gasteiger partial charge in [0.2, 0.25) is 11.8 Å². The van der Waals surface area contributed by atoms with E-state index in [2.05, 4.69) is 15.6 Å². The zero-order valence-electron chi connectivity index (χ0n) is 17.6. The van der Waals surface area contributed by atoms with Crippen LogP contribution in [0.1, 0.15) is 25.0 Å². The zero-order chi connectivity index (χ0) is 21.1. The van der Waals surface area contributed by atoms with Crippen LogP contribution in [0.2, 0.25) is 0 Å². The summed E-state index contributed by atoms with van der Waals surface area (Å²) >= 11 is 0. The van der Waals surface area contributed by atoms with Crippen molar-refractivity contribution >= 4 is 17.8 Å². The van der Waals surface area contributed by atoms with E-state index in [9.17, 15) is 9.59 Å². The number of hydrogen-bond acceptors (Lipinski definition) is 5. The van der Waals surface area contributed by atoms with Crippen LogP contribution in [0.15, 0.2) is 27.8 Å². The van der Waals surface area contributed by atoms with Crippen LogP contribution in [0.5, 0.6) is 0 Å². The highest BCUT2D eigenvalue weighted by Gasteiger charge is 2.23. The van der Waals surface area contributed by atoms with Crippen molar-refractivity contribution in [2.24, 2.45) is 4.99 Å². The van der Waals surface area contributed by atoms with E-state index in [0.717, 1.165) is 25.0 Å². The molecule has 0 aromatic carbocycles. The monoisotopic (exact) mass is 407 g/mol. The van der Waals surface area contributed by atoms with Gasteiger partial charge in [0.25, 0.3) is 0 Å². The molecule has 1 aromatic rings. The standard InChI is InChI=1S/C20H33N5O4/c1-24(2)19(27)15-22-20(21-10-6-17-5-4-13-29-17)23-16-7-11-25(12-8-16)18(26)9-14-28-3/h4-5,13,16H,6-12,14-15H2,1-3H3,(H2,21,22,23). The molecule has 162 valence electrons. The molecular weight excluding hydrogens is 374 g/mol. The fraction of sp³-hybridized carbons (Fsp3) is 0.650. The van der Waals surface area contributed by atoms with Crippen LogP contribution in [-0.4, -0.2) is 87.6 Å². The number of carbonyl (C=O) groups excluding carboxylic acids is 2. The van der Waals surface area contributed by atoms with Crippen molar-refractivity contribution in [1.29, 1.82) is 0 Å². The Hall–Kier alpha value is -2.55. The van der Waals surface area contributed by atoms with E-state index in [0.29, 0.717) is 38.6 Å². The lowest BCUT2D eigenvalue weighted by atomic mass is 10.0. The van der Waals surface area contributed by atoms with Crippen LogP contribution in [0, 0.1) is 0 Å². The molecule has 2 rings (SSSR count). The van der Waals surface area contributed by atoms with Gasteiger partial charge in [-0.05, 0) is 25.0 Å². The SMILES string of the molecule is COCCC(=O)N1CCC(NC(=NCC(=O)N(C)C)NCCc2ccco2)CC1. The van der Waals surface area contributed by atoms with E-state index in [1.54, 1.807) is 27.5 Å². The molecule has 1 saturated heterocycles. The number of likely N-dealkylation sites (N-methyl/N-ethyl adjacent to an activating group) is 1. The molecule has 0 spiro atoms. The van der Waals surface area contributed by atoms with E-state index in [-0.39, 0.29) is 24.4 Å². The zero-order valence-corrected chi connectivity index (χ0v) is 17.6. The molecule has 9 nitrogen and oxygen atoms in total. The molecule has 0 bridgehead atoms. The average molecular weight is 408 g/mol. The summed E-state index contributed by atoms with van der Waals surface area (Å²) in [7, 11) is 5.03. The first-order valence-corrected chi connectivity index (χ1v) is 10.0. The number of nitrogens with zero attached hydrogens (tertiary/aromatic N) is 3.